The van der Waals surface area contributed by atoms with E-state index in [9.17, 15) is 14.4 Å². The predicted octanol–water partition coefficient (Wildman–Crippen LogP) is 0.401. The van der Waals surface area contributed by atoms with Crippen molar-refractivity contribution in [1.82, 2.24) is 0 Å². The first kappa shape index (κ1) is 17.9. The number of ketones is 1. The molecule has 0 saturated carbocycles. The summed E-state index contributed by atoms with van der Waals surface area (Å²) in [7, 11) is 5.58. The van der Waals surface area contributed by atoms with Crippen molar-refractivity contribution in [2.45, 2.75) is 18.9 Å². The number of hydrogen-bond donors (Lipinski definition) is 1. The van der Waals surface area contributed by atoms with Gasteiger partial charge in [-0.2, -0.15) is 11.8 Å². The van der Waals surface area contributed by atoms with Gasteiger partial charge in [0.05, 0.1) is 27.6 Å². The highest BCUT2D eigenvalue weighted by molar-refractivity contribution is 7.98. The Labute approximate surface area is 117 Å². The molecule has 7 heteroatoms. The standard InChI is InChI=1S/C12H21NO5S/c1-13(2,3)8-9(7-11(15)16)18-12(17)10(14)5-6-19-4/h9H,5-8H2,1-4H3/p+1. The van der Waals surface area contributed by atoms with Gasteiger partial charge in [-0.1, -0.05) is 0 Å². The number of thioether (sulfide) groups is 1. The fraction of sp³-hybridized carbons (Fsp3) is 0.750. The van der Waals surface area contributed by atoms with Crippen LogP contribution >= 0.6 is 11.8 Å². The summed E-state index contributed by atoms with van der Waals surface area (Å²) in [4.78, 5) is 33.7. The number of carbonyl (C=O) groups excluding carboxylic acids is 2. The number of likely N-dealkylation sites (N-methyl/N-ethyl adjacent to an activating group) is 1. The number of carbonyl (C=O) groups is 3. The van der Waals surface area contributed by atoms with Gasteiger partial charge >= 0.3 is 11.9 Å². The van der Waals surface area contributed by atoms with E-state index in [1.54, 1.807) is 0 Å². The van der Waals surface area contributed by atoms with Crippen molar-refractivity contribution >= 4 is 29.5 Å². The topological polar surface area (TPSA) is 80.7 Å². The smallest absolute Gasteiger partial charge is 0.375 e. The largest absolute Gasteiger partial charge is 0.481 e. The molecule has 0 aliphatic heterocycles. The summed E-state index contributed by atoms with van der Waals surface area (Å²) in [6, 6.07) is 0. The second kappa shape index (κ2) is 8.16. The van der Waals surface area contributed by atoms with Crippen LogP contribution in [0.25, 0.3) is 0 Å². The van der Waals surface area contributed by atoms with Crippen LogP contribution in [0.1, 0.15) is 12.8 Å². The third-order valence-electron chi connectivity index (χ3n) is 2.19. The van der Waals surface area contributed by atoms with Gasteiger partial charge in [0, 0.05) is 12.2 Å². The molecule has 1 atom stereocenters. The number of hydrogen-bond acceptors (Lipinski definition) is 5. The zero-order valence-corrected chi connectivity index (χ0v) is 12.7. The third kappa shape index (κ3) is 9.49. The molecule has 1 unspecified atom stereocenters. The zero-order chi connectivity index (χ0) is 15.1. The summed E-state index contributed by atoms with van der Waals surface area (Å²) < 4.78 is 5.45. The van der Waals surface area contributed by atoms with E-state index in [2.05, 4.69) is 0 Å². The third-order valence-corrected chi connectivity index (χ3v) is 2.80. The lowest BCUT2D eigenvalue weighted by Gasteiger charge is -2.28. The highest BCUT2D eigenvalue weighted by Crippen LogP contribution is 2.07. The Hall–Kier alpha value is -1.08. The average Bonchev–Trinajstić information content (AvgIpc) is 2.22. The molecule has 19 heavy (non-hydrogen) atoms. The number of ether oxygens (including phenoxy) is 1. The van der Waals surface area contributed by atoms with E-state index in [-0.39, 0.29) is 12.8 Å². The van der Waals surface area contributed by atoms with Gasteiger partial charge < -0.3 is 14.3 Å². The van der Waals surface area contributed by atoms with Crippen LogP contribution in [0.4, 0.5) is 0 Å². The number of quaternary nitrogens is 1. The lowest BCUT2D eigenvalue weighted by atomic mass is 10.2. The summed E-state index contributed by atoms with van der Waals surface area (Å²) in [5.41, 5.74) is 0. The van der Waals surface area contributed by atoms with Gasteiger partial charge in [0.25, 0.3) is 0 Å². The molecule has 1 N–H and O–H groups in total. The Morgan fingerprint density at radius 1 is 1.26 bits per heavy atom. The second-order valence-corrected chi connectivity index (χ2v) is 6.25. The van der Waals surface area contributed by atoms with Gasteiger partial charge in [-0.3, -0.25) is 9.59 Å². The number of aliphatic carboxylic acids is 1. The van der Waals surface area contributed by atoms with Gasteiger partial charge in [-0.05, 0) is 6.26 Å². The van der Waals surface area contributed by atoms with Crippen molar-refractivity contribution in [3.05, 3.63) is 0 Å². The summed E-state index contributed by atoms with van der Waals surface area (Å²) in [5.74, 6) is -2.05. The maximum atomic E-state index is 11.5. The molecule has 0 amide bonds. The Kier molecular flexibility index (Phi) is 7.70. The minimum Gasteiger partial charge on any atom is -0.481 e. The molecule has 0 aromatic carbocycles. The Balaban J connectivity index is 4.50. The molecular weight excluding hydrogens is 270 g/mol. The van der Waals surface area contributed by atoms with Crippen LogP contribution in [0.15, 0.2) is 0 Å². The molecule has 0 spiro atoms. The van der Waals surface area contributed by atoms with Gasteiger partial charge in [-0.25, -0.2) is 4.79 Å². The minimum atomic E-state index is -1.05. The molecule has 0 saturated heterocycles. The summed E-state index contributed by atoms with van der Waals surface area (Å²) in [5, 5.41) is 8.79. The summed E-state index contributed by atoms with van der Waals surface area (Å²) in [6.07, 6.45) is 0.868. The average molecular weight is 292 g/mol. The molecule has 0 aliphatic carbocycles. The van der Waals surface area contributed by atoms with Crippen molar-refractivity contribution in [2.75, 3.05) is 39.7 Å². The highest BCUT2D eigenvalue weighted by atomic mass is 32.2. The van der Waals surface area contributed by atoms with E-state index in [0.29, 0.717) is 16.8 Å². The number of Topliss-reactive ketones (excluding diaryl/α,β-unsaturated/α-hetero) is 1. The van der Waals surface area contributed by atoms with Crippen molar-refractivity contribution < 1.29 is 28.7 Å². The van der Waals surface area contributed by atoms with Crippen LogP contribution in [0.3, 0.4) is 0 Å². The quantitative estimate of drug-likeness (QED) is 0.376. The molecule has 0 heterocycles. The molecule has 110 valence electrons. The maximum absolute atomic E-state index is 11.5. The first-order chi connectivity index (χ1) is 8.65. The number of nitrogens with zero attached hydrogens (tertiary/aromatic N) is 1. The van der Waals surface area contributed by atoms with Crippen LogP contribution in [0, 0.1) is 0 Å². The van der Waals surface area contributed by atoms with Gasteiger partial charge in [0.2, 0.25) is 5.78 Å². The number of rotatable bonds is 9. The van der Waals surface area contributed by atoms with Crippen molar-refractivity contribution in [3.63, 3.8) is 0 Å². The number of carboxylic acids is 1. The monoisotopic (exact) mass is 292 g/mol. The molecule has 0 aromatic rings. The van der Waals surface area contributed by atoms with Crippen LogP contribution in [-0.4, -0.2) is 73.1 Å². The minimum absolute atomic E-state index is 0.115. The predicted molar refractivity (Wildman–Crippen MR) is 73.0 cm³/mol. The molecular formula is C12H22NO5S+. The van der Waals surface area contributed by atoms with E-state index >= 15 is 0 Å². The number of esters is 1. The van der Waals surface area contributed by atoms with Gasteiger partial charge in [-0.15, -0.1) is 0 Å². The van der Waals surface area contributed by atoms with Crippen LogP contribution in [-0.2, 0) is 19.1 Å². The molecule has 0 aliphatic rings. The fourth-order valence-electron chi connectivity index (χ4n) is 1.46. The van der Waals surface area contributed by atoms with Crippen molar-refractivity contribution in [3.8, 4) is 0 Å². The fourth-order valence-corrected chi connectivity index (χ4v) is 1.85. The Morgan fingerprint density at radius 2 is 1.84 bits per heavy atom. The first-order valence-corrected chi connectivity index (χ1v) is 7.30. The molecule has 0 fully saturated rings. The van der Waals surface area contributed by atoms with E-state index in [0.717, 1.165) is 0 Å². The van der Waals surface area contributed by atoms with Crippen molar-refractivity contribution in [1.29, 1.82) is 0 Å². The lowest BCUT2D eigenvalue weighted by Crippen LogP contribution is -2.44. The van der Waals surface area contributed by atoms with E-state index in [4.69, 9.17) is 9.84 Å². The van der Waals surface area contributed by atoms with E-state index < -0.39 is 23.8 Å². The molecule has 0 bridgehead atoms. The molecule has 6 nitrogen and oxygen atoms in total. The zero-order valence-electron chi connectivity index (χ0n) is 11.8. The Bertz CT molecular complexity index is 338. The maximum Gasteiger partial charge on any atom is 0.375 e. The molecule has 0 rings (SSSR count). The van der Waals surface area contributed by atoms with E-state index in [1.165, 1.54) is 11.8 Å². The lowest BCUT2D eigenvalue weighted by molar-refractivity contribution is -0.873. The van der Waals surface area contributed by atoms with Crippen LogP contribution in [0.2, 0.25) is 0 Å². The summed E-state index contributed by atoms with van der Waals surface area (Å²) >= 11 is 1.46. The first-order valence-electron chi connectivity index (χ1n) is 5.90. The van der Waals surface area contributed by atoms with Gasteiger partial charge in [0.1, 0.15) is 6.54 Å². The normalized spacial score (nSPS) is 12.8. The SMILES string of the molecule is CSCCC(=O)C(=O)OC(CC(=O)O)C[N+](C)(C)C. The number of carboxylic acid groups (broad SMARTS) is 1. The molecule has 0 aromatic heterocycles. The summed E-state index contributed by atoms with van der Waals surface area (Å²) in [6.45, 7) is 0.341. The Morgan fingerprint density at radius 3 is 2.26 bits per heavy atom. The highest BCUT2D eigenvalue weighted by Gasteiger charge is 2.27. The van der Waals surface area contributed by atoms with Crippen molar-refractivity contribution in [2.24, 2.45) is 0 Å². The molecule has 0 radical (unpaired) electrons. The van der Waals surface area contributed by atoms with Crippen LogP contribution < -0.4 is 0 Å². The van der Waals surface area contributed by atoms with Gasteiger partial charge in [0.15, 0.2) is 6.10 Å². The van der Waals surface area contributed by atoms with Crippen LogP contribution in [0.5, 0.6) is 0 Å². The van der Waals surface area contributed by atoms with E-state index in [1.807, 2.05) is 27.4 Å². The second-order valence-electron chi connectivity index (χ2n) is 5.26.